The molecule has 0 spiro atoms. The van der Waals surface area contributed by atoms with Crippen molar-refractivity contribution in [3.05, 3.63) is 66.6 Å². The second-order valence-electron chi connectivity index (χ2n) is 6.36. The van der Waals surface area contributed by atoms with Gasteiger partial charge in [-0.2, -0.15) is 0 Å². The van der Waals surface area contributed by atoms with Crippen LogP contribution < -0.4 is 0 Å². The third-order valence-corrected chi connectivity index (χ3v) is 4.10. The van der Waals surface area contributed by atoms with Gasteiger partial charge in [0.2, 0.25) is 5.91 Å². The van der Waals surface area contributed by atoms with Gasteiger partial charge in [-0.25, -0.2) is 4.98 Å². The van der Waals surface area contributed by atoms with E-state index in [-0.39, 0.29) is 11.8 Å². The Hall–Kier alpha value is -2.88. The second-order valence-corrected chi connectivity index (χ2v) is 6.36. The van der Waals surface area contributed by atoms with E-state index >= 15 is 0 Å². The van der Waals surface area contributed by atoms with Crippen molar-refractivity contribution >= 4 is 5.91 Å². The molecule has 0 saturated heterocycles. The maximum absolute atomic E-state index is 12.1. The van der Waals surface area contributed by atoms with Crippen LogP contribution in [0.2, 0.25) is 0 Å². The van der Waals surface area contributed by atoms with Gasteiger partial charge in [0, 0.05) is 37.6 Å². The van der Waals surface area contributed by atoms with Gasteiger partial charge in [-0.15, -0.1) is 0 Å². The number of carbonyl (C=O) groups excluding carboxylic acids is 1. The Morgan fingerprint density at radius 2 is 1.56 bits per heavy atom. The SMILES string of the molecule is CC(Cc1nc(-c2ccccc2)c(-c2ccccc2)o1)C(=O)N(C)C. The van der Waals surface area contributed by atoms with E-state index < -0.39 is 0 Å². The highest BCUT2D eigenvalue weighted by Gasteiger charge is 2.21. The van der Waals surface area contributed by atoms with Crippen molar-refractivity contribution in [1.29, 1.82) is 0 Å². The first-order chi connectivity index (χ1) is 12.1. The number of benzene rings is 2. The van der Waals surface area contributed by atoms with Crippen molar-refractivity contribution in [2.24, 2.45) is 5.92 Å². The Kier molecular flexibility index (Phi) is 4.98. The normalized spacial score (nSPS) is 12.0. The number of aromatic nitrogens is 1. The predicted octanol–water partition coefficient (Wildman–Crippen LogP) is 4.28. The Morgan fingerprint density at radius 3 is 2.12 bits per heavy atom. The van der Waals surface area contributed by atoms with Crippen LogP contribution in [0.5, 0.6) is 0 Å². The van der Waals surface area contributed by atoms with Gasteiger partial charge in [0.15, 0.2) is 11.7 Å². The fourth-order valence-corrected chi connectivity index (χ4v) is 2.82. The molecule has 0 saturated carbocycles. The molecule has 4 heteroatoms. The lowest BCUT2D eigenvalue weighted by atomic mass is 10.1. The van der Waals surface area contributed by atoms with Gasteiger partial charge in [-0.3, -0.25) is 4.79 Å². The minimum atomic E-state index is -0.180. The van der Waals surface area contributed by atoms with Crippen molar-refractivity contribution in [2.45, 2.75) is 13.3 Å². The summed E-state index contributed by atoms with van der Waals surface area (Å²) in [5.74, 6) is 1.22. The van der Waals surface area contributed by atoms with Crippen molar-refractivity contribution in [1.82, 2.24) is 9.88 Å². The number of carbonyl (C=O) groups is 1. The third-order valence-electron chi connectivity index (χ3n) is 4.10. The zero-order chi connectivity index (χ0) is 17.8. The highest BCUT2D eigenvalue weighted by Crippen LogP contribution is 2.33. The maximum atomic E-state index is 12.1. The summed E-state index contributed by atoms with van der Waals surface area (Å²) in [5, 5.41) is 0. The van der Waals surface area contributed by atoms with E-state index in [1.807, 2.05) is 67.6 Å². The Labute approximate surface area is 148 Å². The largest absolute Gasteiger partial charge is 0.440 e. The molecular formula is C21H22N2O2. The standard InChI is InChI=1S/C21H22N2O2/c1-15(21(24)23(2)3)14-18-22-19(16-10-6-4-7-11-16)20(25-18)17-12-8-5-9-13-17/h4-13,15H,14H2,1-3H3. The van der Waals surface area contributed by atoms with E-state index in [0.29, 0.717) is 12.3 Å². The molecule has 0 fully saturated rings. The molecule has 1 unspecified atom stereocenters. The molecule has 0 bridgehead atoms. The smallest absolute Gasteiger partial charge is 0.225 e. The lowest BCUT2D eigenvalue weighted by Crippen LogP contribution is -2.29. The quantitative estimate of drug-likeness (QED) is 0.700. The Bertz CT molecular complexity index is 782. The molecule has 2 aromatic carbocycles. The van der Waals surface area contributed by atoms with Crippen LogP contribution in [-0.2, 0) is 11.2 Å². The molecule has 1 amide bonds. The van der Waals surface area contributed by atoms with Gasteiger partial charge in [0.25, 0.3) is 0 Å². The van der Waals surface area contributed by atoms with E-state index in [1.165, 1.54) is 0 Å². The van der Waals surface area contributed by atoms with E-state index in [1.54, 1.807) is 19.0 Å². The zero-order valence-corrected chi connectivity index (χ0v) is 14.8. The molecule has 0 aliphatic carbocycles. The summed E-state index contributed by atoms with van der Waals surface area (Å²) >= 11 is 0. The van der Waals surface area contributed by atoms with Crippen LogP contribution in [0, 0.1) is 5.92 Å². The van der Waals surface area contributed by atoms with Crippen LogP contribution in [0.4, 0.5) is 0 Å². The molecule has 3 rings (SSSR count). The van der Waals surface area contributed by atoms with E-state index in [0.717, 1.165) is 22.6 Å². The molecule has 0 N–H and O–H groups in total. The topological polar surface area (TPSA) is 46.3 Å². The first kappa shape index (κ1) is 17.0. The van der Waals surface area contributed by atoms with Gasteiger partial charge >= 0.3 is 0 Å². The van der Waals surface area contributed by atoms with Crippen molar-refractivity contribution < 1.29 is 9.21 Å². The first-order valence-corrected chi connectivity index (χ1v) is 8.38. The fourth-order valence-electron chi connectivity index (χ4n) is 2.82. The number of hydrogen-bond acceptors (Lipinski definition) is 3. The van der Waals surface area contributed by atoms with Crippen LogP contribution in [-0.4, -0.2) is 29.9 Å². The molecule has 4 nitrogen and oxygen atoms in total. The van der Waals surface area contributed by atoms with Crippen molar-refractivity contribution in [3.63, 3.8) is 0 Å². The Morgan fingerprint density at radius 1 is 1.00 bits per heavy atom. The second kappa shape index (κ2) is 7.34. The summed E-state index contributed by atoms with van der Waals surface area (Å²) < 4.78 is 6.07. The molecule has 0 aliphatic rings. The lowest BCUT2D eigenvalue weighted by molar-refractivity contribution is -0.132. The summed E-state index contributed by atoms with van der Waals surface area (Å²) in [5.41, 5.74) is 2.79. The Balaban J connectivity index is 1.99. The zero-order valence-electron chi connectivity index (χ0n) is 14.8. The first-order valence-electron chi connectivity index (χ1n) is 8.38. The highest BCUT2D eigenvalue weighted by molar-refractivity contribution is 5.79. The molecule has 25 heavy (non-hydrogen) atoms. The van der Waals surface area contributed by atoms with Gasteiger partial charge in [-0.05, 0) is 0 Å². The van der Waals surface area contributed by atoms with Crippen LogP contribution in [0.1, 0.15) is 12.8 Å². The highest BCUT2D eigenvalue weighted by atomic mass is 16.4. The molecule has 0 aliphatic heterocycles. The molecule has 128 valence electrons. The maximum Gasteiger partial charge on any atom is 0.225 e. The van der Waals surface area contributed by atoms with Crippen LogP contribution in [0.15, 0.2) is 65.1 Å². The third kappa shape index (κ3) is 3.79. The van der Waals surface area contributed by atoms with E-state index in [4.69, 9.17) is 9.40 Å². The number of amides is 1. The molecule has 1 atom stereocenters. The minimum Gasteiger partial charge on any atom is -0.440 e. The monoisotopic (exact) mass is 334 g/mol. The van der Waals surface area contributed by atoms with E-state index in [2.05, 4.69) is 0 Å². The predicted molar refractivity (Wildman–Crippen MR) is 98.9 cm³/mol. The van der Waals surface area contributed by atoms with Crippen molar-refractivity contribution in [3.8, 4) is 22.6 Å². The van der Waals surface area contributed by atoms with Crippen molar-refractivity contribution in [2.75, 3.05) is 14.1 Å². The summed E-state index contributed by atoms with van der Waals surface area (Å²) in [6.07, 6.45) is 0.476. The van der Waals surface area contributed by atoms with Crippen LogP contribution >= 0.6 is 0 Å². The fraction of sp³-hybridized carbons (Fsp3) is 0.238. The number of hydrogen-bond donors (Lipinski definition) is 0. The summed E-state index contributed by atoms with van der Waals surface area (Å²) in [7, 11) is 3.53. The lowest BCUT2D eigenvalue weighted by Gasteiger charge is -2.15. The number of oxazole rings is 1. The molecule has 1 aromatic heterocycles. The summed E-state index contributed by atoms with van der Waals surface area (Å²) in [6.45, 7) is 1.90. The molecule has 3 aromatic rings. The number of nitrogens with zero attached hydrogens (tertiary/aromatic N) is 2. The van der Waals surface area contributed by atoms with Crippen LogP contribution in [0.3, 0.4) is 0 Å². The van der Waals surface area contributed by atoms with Gasteiger partial charge in [0.05, 0.1) is 0 Å². The molecular weight excluding hydrogens is 312 g/mol. The summed E-state index contributed by atoms with van der Waals surface area (Å²) in [6, 6.07) is 19.9. The average Bonchev–Trinajstić information content (AvgIpc) is 3.06. The van der Waals surface area contributed by atoms with Gasteiger partial charge in [-0.1, -0.05) is 67.6 Å². The average molecular weight is 334 g/mol. The minimum absolute atomic E-state index is 0.0701. The van der Waals surface area contributed by atoms with Gasteiger partial charge in [0.1, 0.15) is 5.69 Å². The summed E-state index contributed by atoms with van der Waals surface area (Å²) in [4.78, 5) is 18.4. The van der Waals surface area contributed by atoms with Gasteiger partial charge < -0.3 is 9.32 Å². The molecule has 1 heterocycles. The van der Waals surface area contributed by atoms with E-state index in [9.17, 15) is 4.79 Å². The molecule has 0 radical (unpaired) electrons. The van der Waals surface area contributed by atoms with Crippen LogP contribution in [0.25, 0.3) is 22.6 Å². The number of rotatable bonds is 5.